The number of nitrogens with zero attached hydrogens (tertiary/aromatic N) is 6. The Bertz CT molecular complexity index is 2920. The number of piperidine rings is 1. The normalized spacial score (nSPS) is 21.2. The summed E-state index contributed by atoms with van der Waals surface area (Å²) in [6.07, 6.45) is 9.16. The molecular formula is C52H60BrFN8O5S. The SMILES string of the molecule is CC(C)(C)[C@H](NC(=O)C1(F)CC1)C(=O)N1C[C@H](O)C[C@H]1C(=O)N[C@@H](CCCN1CCC(c2ccc3c(c2)n(C2CCCC2)c2nc(=O)c4c(Br)cccc4n32)CC1)c1ccc(-c2cncs2)cc1. The largest absolute Gasteiger partial charge is 0.391 e. The van der Waals surface area contributed by atoms with Gasteiger partial charge in [-0.1, -0.05) is 70.0 Å². The lowest BCUT2D eigenvalue weighted by molar-refractivity contribution is -0.145. The zero-order valence-corrected chi connectivity index (χ0v) is 41.3. The molecule has 3 N–H and O–H groups in total. The first kappa shape index (κ1) is 46.7. The number of likely N-dealkylation sites (tertiary alicyclic amines) is 2. The molecule has 6 aromatic rings. The number of thiazole rings is 1. The van der Waals surface area contributed by atoms with E-state index in [0.717, 1.165) is 88.8 Å². The number of rotatable bonds is 13. The van der Waals surface area contributed by atoms with Gasteiger partial charge in [0.1, 0.15) is 12.1 Å². The summed E-state index contributed by atoms with van der Waals surface area (Å²) < 4.78 is 20.1. The topological polar surface area (TPSA) is 154 Å². The van der Waals surface area contributed by atoms with Crippen LogP contribution in [0.3, 0.4) is 0 Å². The van der Waals surface area contributed by atoms with Gasteiger partial charge >= 0.3 is 0 Å². The van der Waals surface area contributed by atoms with E-state index < -0.39 is 41.1 Å². The molecule has 0 unspecified atom stereocenters. The van der Waals surface area contributed by atoms with Crippen LogP contribution in [-0.4, -0.2) is 102 Å². The van der Waals surface area contributed by atoms with Gasteiger partial charge in [-0.3, -0.25) is 28.6 Å². The maximum absolute atomic E-state index is 14.8. The molecule has 4 fully saturated rings. The van der Waals surface area contributed by atoms with Gasteiger partial charge in [-0.05, 0) is 139 Å². The number of halogens is 2. The molecule has 0 radical (unpaired) electrons. The molecule has 2 saturated heterocycles. The molecule has 3 amide bonds. The summed E-state index contributed by atoms with van der Waals surface area (Å²) in [5.74, 6) is -0.583. The van der Waals surface area contributed by atoms with Crippen LogP contribution < -0.4 is 16.2 Å². The van der Waals surface area contributed by atoms with Gasteiger partial charge in [0.2, 0.25) is 17.6 Å². The maximum Gasteiger partial charge on any atom is 0.283 e. The van der Waals surface area contributed by atoms with Crippen LogP contribution in [0.1, 0.15) is 121 Å². The molecule has 4 aliphatic rings. The van der Waals surface area contributed by atoms with E-state index in [2.05, 4.69) is 63.6 Å². The van der Waals surface area contributed by atoms with Crippen molar-refractivity contribution in [1.82, 2.24) is 39.4 Å². The first-order valence-electron chi connectivity index (χ1n) is 24.3. The third kappa shape index (κ3) is 9.13. The first-order valence-corrected chi connectivity index (χ1v) is 26.0. The summed E-state index contributed by atoms with van der Waals surface area (Å²) >= 11 is 5.17. The monoisotopic (exact) mass is 1010 g/mol. The minimum atomic E-state index is -1.96. The van der Waals surface area contributed by atoms with Crippen molar-refractivity contribution in [3.8, 4) is 10.4 Å². The highest BCUT2D eigenvalue weighted by Crippen LogP contribution is 2.41. The Labute approximate surface area is 407 Å². The van der Waals surface area contributed by atoms with Gasteiger partial charge in [0.25, 0.3) is 11.5 Å². The molecule has 2 aliphatic heterocycles. The number of fused-ring (bicyclic) bond motifs is 5. The zero-order valence-electron chi connectivity index (χ0n) is 38.9. The van der Waals surface area contributed by atoms with E-state index >= 15 is 0 Å². The van der Waals surface area contributed by atoms with Crippen molar-refractivity contribution in [2.24, 2.45) is 5.41 Å². The molecule has 4 atom stereocenters. The molecule has 16 heteroatoms. The van der Waals surface area contributed by atoms with E-state index in [4.69, 9.17) is 4.98 Å². The maximum atomic E-state index is 14.8. The van der Waals surface area contributed by atoms with Crippen molar-refractivity contribution in [2.75, 3.05) is 26.2 Å². The number of amides is 3. The molecule has 13 nitrogen and oxygen atoms in total. The Morgan fingerprint density at radius 3 is 2.41 bits per heavy atom. The molecule has 0 spiro atoms. The fraction of sp³-hybridized carbons (Fsp3) is 0.500. The van der Waals surface area contributed by atoms with Gasteiger partial charge in [-0.15, -0.1) is 11.3 Å². The van der Waals surface area contributed by atoms with Crippen LogP contribution in [0.4, 0.5) is 4.39 Å². The van der Waals surface area contributed by atoms with Gasteiger partial charge in [0.15, 0.2) is 5.67 Å². The Morgan fingerprint density at radius 2 is 1.72 bits per heavy atom. The van der Waals surface area contributed by atoms with E-state index in [1.807, 2.05) is 48.7 Å². The molecule has 3 aromatic carbocycles. The highest BCUT2D eigenvalue weighted by molar-refractivity contribution is 9.10. The lowest BCUT2D eigenvalue weighted by Gasteiger charge is -2.36. The van der Waals surface area contributed by atoms with Gasteiger partial charge < -0.3 is 30.1 Å². The van der Waals surface area contributed by atoms with Crippen molar-refractivity contribution in [2.45, 2.75) is 133 Å². The first-order chi connectivity index (χ1) is 32.7. The minimum absolute atomic E-state index is 0.0584. The number of alkyl halides is 1. The quantitative estimate of drug-likeness (QED) is 0.104. The van der Waals surface area contributed by atoms with E-state index in [9.17, 15) is 28.7 Å². The molecule has 5 heterocycles. The fourth-order valence-electron chi connectivity index (χ4n) is 11.0. The second-order valence-corrected chi connectivity index (χ2v) is 22.4. The van der Waals surface area contributed by atoms with Gasteiger partial charge in [-0.2, -0.15) is 4.98 Å². The third-order valence-corrected chi connectivity index (χ3v) is 16.5. The number of nitrogens with one attached hydrogen (secondary N) is 2. The Balaban J connectivity index is 0.834. The van der Waals surface area contributed by atoms with Crippen LogP contribution in [0.25, 0.3) is 38.2 Å². The van der Waals surface area contributed by atoms with E-state index in [1.54, 1.807) is 37.6 Å². The van der Waals surface area contributed by atoms with Crippen LogP contribution in [0, 0.1) is 5.41 Å². The molecular weight excluding hydrogens is 948 g/mol. The van der Waals surface area contributed by atoms with Gasteiger partial charge in [-0.25, -0.2) is 4.39 Å². The number of aliphatic hydroxyl groups excluding tert-OH is 1. The molecule has 2 saturated carbocycles. The number of carbonyl (C=O) groups excluding carboxylic acids is 3. The lowest BCUT2D eigenvalue weighted by atomic mass is 9.85. The number of aliphatic hydroxyl groups is 1. The van der Waals surface area contributed by atoms with Crippen LogP contribution >= 0.6 is 27.3 Å². The Morgan fingerprint density at radius 1 is 0.971 bits per heavy atom. The summed E-state index contributed by atoms with van der Waals surface area (Å²) in [6, 6.07) is 18.8. The summed E-state index contributed by atoms with van der Waals surface area (Å²) in [5.41, 5.74) is 5.18. The summed E-state index contributed by atoms with van der Waals surface area (Å²) in [5, 5.41) is 17.4. The number of hydrogen-bond donors (Lipinski definition) is 3. The van der Waals surface area contributed by atoms with Crippen LogP contribution in [-0.2, 0) is 14.4 Å². The summed E-state index contributed by atoms with van der Waals surface area (Å²) in [7, 11) is 0. The third-order valence-electron chi connectivity index (χ3n) is 15.0. The average Bonchev–Trinajstić information content (AvgIpc) is 3.86. The number of benzene rings is 3. The number of β-amino-alcohol motifs (C(OH)–C–C–N with tert-alkyl or cyclic N) is 1. The van der Waals surface area contributed by atoms with Crippen molar-refractivity contribution in [3.05, 3.63) is 98.3 Å². The Hall–Kier alpha value is -5.03. The van der Waals surface area contributed by atoms with Crippen LogP contribution in [0.2, 0.25) is 0 Å². The summed E-state index contributed by atoms with van der Waals surface area (Å²) in [6.45, 7) is 8.06. The average molecular weight is 1010 g/mol. The van der Waals surface area contributed by atoms with Crippen molar-refractivity contribution < 1.29 is 23.9 Å². The minimum Gasteiger partial charge on any atom is -0.391 e. The predicted molar refractivity (Wildman–Crippen MR) is 266 cm³/mol. The number of hydrogen-bond acceptors (Lipinski definition) is 9. The van der Waals surface area contributed by atoms with Gasteiger partial charge in [0, 0.05) is 29.7 Å². The predicted octanol–water partition coefficient (Wildman–Crippen LogP) is 8.62. The van der Waals surface area contributed by atoms with Crippen LogP contribution in [0.15, 0.2) is 81.6 Å². The lowest BCUT2D eigenvalue weighted by Crippen LogP contribution is -2.59. The molecule has 10 rings (SSSR count). The second kappa shape index (κ2) is 18.7. The highest BCUT2D eigenvalue weighted by atomic mass is 79.9. The Kier molecular flexibility index (Phi) is 12.8. The fourth-order valence-corrected chi connectivity index (χ4v) is 12.1. The molecule has 2 aliphatic carbocycles. The molecule has 358 valence electrons. The van der Waals surface area contributed by atoms with Crippen molar-refractivity contribution in [3.63, 3.8) is 0 Å². The smallest absolute Gasteiger partial charge is 0.283 e. The standard InChI is InChI=1S/C52H60BrFN8O5S/c1-51(2,3)45(57-49(67)52(54)21-22-52)48(66)60-29-36(63)27-42(60)46(64)56-38(32-13-15-33(16-14-32)43-28-55-30-68-43)11-7-23-59-24-19-31(20-25-59)34-17-18-39-41(26-34)61(35-8-4-5-9-35)50-58-47(65)44-37(53)10-6-12-40(44)62(39)50/h6,10,12-18,26,28,30-31,35-36,38,42,45,63H,4-5,7-9,11,19-25,27,29H2,1-3H3,(H,56,64)(H,57,67)/t36-,38+,42+,45-/m1/s1. The van der Waals surface area contributed by atoms with E-state index in [1.165, 1.54) is 23.3 Å². The number of aromatic nitrogens is 4. The van der Waals surface area contributed by atoms with E-state index in [0.29, 0.717) is 29.5 Å². The van der Waals surface area contributed by atoms with Crippen molar-refractivity contribution >= 4 is 72.7 Å². The highest BCUT2D eigenvalue weighted by Gasteiger charge is 2.53. The molecule has 68 heavy (non-hydrogen) atoms. The van der Waals surface area contributed by atoms with Crippen molar-refractivity contribution in [1.29, 1.82) is 0 Å². The molecule has 3 aromatic heterocycles. The van der Waals surface area contributed by atoms with Gasteiger partial charge in [0.05, 0.1) is 44.5 Å². The number of imidazole rings is 1. The number of carbonyl (C=O) groups is 3. The zero-order chi connectivity index (χ0) is 47.5. The van der Waals surface area contributed by atoms with Crippen LogP contribution in [0.5, 0.6) is 0 Å². The van der Waals surface area contributed by atoms with E-state index in [-0.39, 0.29) is 43.3 Å². The molecule has 0 bridgehead atoms. The second-order valence-electron chi connectivity index (χ2n) is 20.7. The summed E-state index contributed by atoms with van der Waals surface area (Å²) in [4.78, 5) is 68.7.